The number of morpholine rings is 1. The fraction of sp³-hybridized carbons (Fsp3) is 0.579. The minimum absolute atomic E-state index is 0.000806. The second-order valence-electron chi connectivity index (χ2n) is 6.81. The Bertz CT molecular complexity index is 648. The van der Waals surface area contributed by atoms with E-state index in [0.29, 0.717) is 25.3 Å². The highest BCUT2D eigenvalue weighted by Crippen LogP contribution is 2.25. The van der Waals surface area contributed by atoms with Gasteiger partial charge < -0.3 is 25.0 Å². The van der Waals surface area contributed by atoms with Gasteiger partial charge in [-0.25, -0.2) is 4.79 Å². The third kappa shape index (κ3) is 5.58. The Kier molecular flexibility index (Phi) is 6.89. The van der Waals surface area contributed by atoms with E-state index in [2.05, 4.69) is 15.5 Å². The highest BCUT2D eigenvalue weighted by atomic mass is 16.5. The van der Waals surface area contributed by atoms with E-state index in [1.54, 1.807) is 12.0 Å². The molecule has 0 spiro atoms. The predicted molar refractivity (Wildman–Crippen MR) is 102 cm³/mol. The van der Waals surface area contributed by atoms with Gasteiger partial charge in [0, 0.05) is 44.4 Å². The van der Waals surface area contributed by atoms with Crippen molar-refractivity contribution in [2.75, 3.05) is 57.9 Å². The Morgan fingerprint density at radius 1 is 1.33 bits per heavy atom. The summed E-state index contributed by atoms with van der Waals surface area (Å²) in [5.74, 6) is 0.704. The summed E-state index contributed by atoms with van der Waals surface area (Å²) in [6.07, 6.45) is 1.20. The number of amides is 3. The normalized spacial score (nSPS) is 20.6. The summed E-state index contributed by atoms with van der Waals surface area (Å²) in [6.45, 7) is 5.51. The Hall–Kier alpha value is -2.32. The van der Waals surface area contributed by atoms with E-state index in [1.807, 2.05) is 24.3 Å². The van der Waals surface area contributed by atoms with Crippen molar-refractivity contribution in [1.29, 1.82) is 0 Å². The van der Waals surface area contributed by atoms with Gasteiger partial charge in [-0.15, -0.1) is 0 Å². The number of anilines is 1. The number of urea groups is 1. The highest BCUT2D eigenvalue weighted by molar-refractivity contribution is 5.97. The largest absolute Gasteiger partial charge is 0.497 e. The first-order valence-corrected chi connectivity index (χ1v) is 9.44. The number of carbonyl (C=O) groups is 2. The number of rotatable bonds is 7. The van der Waals surface area contributed by atoms with Gasteiger partial charge in [0.15, 0.2) is 0 Å². The molecule has 0 bridgehead atoms. The molecule has 3 rings (SSSR count). The molecule has 2 saturated heterocycles. The van der Waals surface area contributed by atoms with Crippen LogP contribution in [0.15, 0.2) is 24.3 Å². The first-order chi connectivity index (χ1) is 13.2. The topological polar surface area (TPSA) is 83.1 Å². The number of nitrogens with one attached hydrogen (secondary N) is 2. The van der Waals surface area contributed by atoms with Crippen LogP contribution in [0.1, 0.15) is 12.8 Å². The molecule has 0 aromatic heterocycles. The monoisotopic (exact) mass is 376 g/mol. The average Bonchev–Trinajstić information content (AvgIpc) is 3.06. The fourth-order valence-electron chi connectivity index (χ4n) is 3.40. The number of benzene rings is 1. The molecule has 1 atom stereocenters. The third-order valence-corrected chi connectivity index (χ3v) is 4.87. The van der Waals surface area contributed by atoms with E-state index in [9.17, 15) is 9.59 Å². The molecule has 8 heteroatoms. The molecule has 0 saturated carbocycles. The highest BCUT2D eigenvalue weighted by Gasteiger charge is 2.31. The van der Waals surface area contributed by atoms with E-state index in [1.165, 1.54) is 0 Å². The van der Waals surface area contributed by atoms with Crippen molar-refractivity contribution >= 4 is 17.6 Å². The summed E-state index contributed by atoms with van der Waals surface area (Å²) in [5.41, 5.74) is 0.787. The van der Waals surface area contributed by atoms with Crippen LogP contribution in [-0.4, -0.2) is 75.9 Å². The minimum Gasteiger partial charge on any atom is -0.497 e. The molecular weight excluding hydrogens is 348 g/mol. The van der Waals surface area contributed by atoms with Crippen LogP contribution in [-0.2, 0) is 9.53 Å². The van der Waals surface area contributed by atoms with Gasteiger partial charge in [-0.05, 0) is 25.1 Å². The standard InChI is InChI=1S/C19H28N4O4/c1-26-17-5-2-4-16(13-17)23-14-15(12-18(23)24)21-19(25)20-6-3-7-22-8-10-27-11-9-22/h2,4-5,13,15H,3,6-12,14H2,1H3,(H2,20,21,25)/t15-/m0/s1. The molecule has 148 valence electrons. The maximum Gasteiger partial charge on any atom is 0.315 e. The maximum absolute atomic E-state index is 12.3. The number of ether oxygens (including phenoxy) is 2. The Balaban J connectivity index is 1.39. The summed E-state index contributed by atoms with van der Waals surface area (Å²) in [7, 11) is 1.60. The molecule has 2 heterocycles. The van der Waals surface area contributed by atoms with Crippen molar-refractivity contribution in [3.63, 3.8) is 0 Å². The molecule has 2 fully saturated rings. The van der Waals surface area contributed by atoms with Gasteiger partial charge in [0.1, 0.15) is 5.75 Å². The molecule has 8 nitrogen and oxygen atoms in total. The lowest BCUT2D eigenvalue weighted by atomic mass is 10.2. The Morgan fingerprint density at radius 3 is 2.93 bits per heavy atom. The molecule has 1 aromatic rings. The molecule has 2 N–H and O–H groups in total. The van der Waals surface area contributed by atoms with Crippen molar-refractivity contribution in [3.8, 4) is 5.75 Å². The molecule has 2 aliphatic rings. The lowest BCUT2D eigenvalue weighted by Crippen LogP contribution is -2.44. The van der Waals surface area contributed by atoms with Crippen LogP contribution in [0.4, 0.5) is 10.5 Å². The smallest absolute Gasteiger partial charge is 0.315 e. The van der Waals surface area contributed by atoms with Crippen LogP contribution in [0.3, 0.4) is 0 Å². The SMILES string of the molecule is COc1cccc(N2C[C@@H](NC(=O)NCCCN3CCOCC3)CC2=O)c1. The van der Waals surface area contributed by atoms with Crippen LogP contribution >= 0.6 is 0 Å². The molecule has 27 heavy (non-hydrogen) atoms. The average molecular weight is 376 g/mol. The lowest BCUT2D eigenvalue weighted by molar-refractivity contribution is -0.117. The molecular formula is C19H28N4O4. The summed E-state index contributed by atoms with van der Waals surface area (Å²) < 4.78 is 10.5. The summed E-state index contributed by atoms with van der Waals surface area (Å²) in [5, 5.41) is 5.78. The van der Waals surface area contributed by atoms with Gasteiger partial charge in [-0.1, -0.05) is 6.07 Å². The van der Waals surface area contributed by atoms with Gasteiger partial charge in [-0.3, -0.25) is 9.69 Å². The first-order valence-electron chi connectivity index (χ1n) is 9.44. The fourth-order valence-corrected chi connectivity index (χ4v) is 3.40. The Labute approximate surface area is 159 Å². The van der Waals surface area contributed by atoms with Crippen LogP contribution in [0.5, 0.6) is 5.75 Å². The van der Waals surface area contributed by atoms with Crippen molar-refractivity contribution < 1.29 is 19.1 Å². The molecule has 0 radical (unpaired) electrons. The van der Waals surface area contributed by atoms with Crippen LogP contribution in [0.2, 0.25) is 0 Å². The predicted octanol–water partition coefficient (Wildman–Crippen LogP) is 0.822. The maximum atomic E-state index is 12.3. The summed E-state index contributed by atoms with van der Waals surface area (Å²) >= 11 is 0. The number of methoxy groups -OCH3 is 1. The van der Waals surface area contributed by atoms with Crippen LogP contribution in [0, 0.1) is 0 Å². The van der Waals surface area contributed by atoms with E-state index < -0.39 is 0 Å². The second kappa shape index (κ2) is 9.57. The quantitative estimate of drug-likeness (QED) is 0.689. The van der Waals surface area contributed by atoms with E-state index >= 15 is 0 Å². The number of nitrogens with zero attached hydrogens (tertiary/aromatic N) is 2. The van der Waals surface area contributed by atoms with Gasteiger partial charge in [-0.2, -0.15) is 0 Å². The Morgan fingerprint density at radius 2 is 2.15 bits per heavy atom. The summed E-state index contributed by atoms with van der Waals surface area (Å²) in [6, 6.07) is 6.97. The second-order valence-corrected chi connectivity index (χ2v) is 6.81. The molecule has 0 unspecified atom stereocenters. The van der Waals surface area contributed by atoms with Crippen molar-refractivity contribution in [1.82, 2.24) is 15.5 Å². The number of hydrogen-bond acceptors (Lipinski definition) is 5. The molecule has 0 aliphatic carbocycles. The number of hydrogen-bond donors (Lipinski definition) is 2. The minimum atomic E-state index is -0.220. The first kappa shape index (κ1) is 19.4. The van der Waals surface area contributed by atoms with Gasteiger partial charge in [0.2, 0.25) is 5.91 Å². The molecule has 2 aliphatic heterocycles. The van der Waals surface area contributed by atoms with Gasteiger partial charge in [0.05, 0.1) is 26.4 Å². The zero-order valence-corrected chi connectivity index (χ0v) is 15.8. The van der Waals surface area contributed by atoms with Crippen LogP contribution in [0.25, 0.3) is 0 Å². The van der Waals surface area contributed by atoms with E-state index in [-0.39, 0.29) is 18.0 Å². The van der Waals surface area contributed by atoms with Crippen molar-refractivity contribution in [2.24, 2.45) is 0 Å². The molecule has 3 amide bonds. The van der Waals surface area contributed by atoms with Crippen molar-refractivity contribution in [3.05, 3.63) is 24.3 Å². The van der Waals surface area contributed by atoms with Gasteiger partial charge >= 0.3 is 6.03 Å². The van der Waals surface area contributed by atoms with Crippen molar-refractivity contribution in [2.45, 2.75) is 18.9 Å². The van der Waals surface area contributed by atoms with Gasteiger partial charge in [0.25, 0.3) is 0 Å². The molecule has 1 aromatic carbocycles. The number of carbonyl (C=O) groups excluding carboxylic acids is 2. The zero-order chi connectivity index (χ0) is 19.1. The van der Waals surface area contributed by atoms with Crippen LogP contribution < -0.4 is 20.3 Å². The third-order valence-electron chi connectivity index (χ3n) is 4.87. The zero-order valence-electron chi connectivity index (χ0n) is 15.8. The summed E-state index contributed by atoms with van der Waals surface area (Å²) in [4.78, 5) is 28.4. The van der Waals surface area contributed by atoms with E-state index in [0.717, 1.165) is 45.0 Å². The lowest BCUT2D eigenvalue weighted by Gasteiger charge is -2.26. The van der Waals surface area contributed by atoms with E-state index in [4.69, 9.17) is 9.47 Å².